The van der Waals surface area contributed by atoms with Crippen LogP contribution in [0.3, 0.4) is 0 Å². The Hall–Kier alpha value is -1.42. The maximum atomic E-state index is 12.3. The highest BCUT2D eigenvalue weighted by atomic mass is 28.3. The third-order valence-electron chi connectivity index (χ3n) is 5.66. The van der Waals surface area contributed by atoms with Crippen LogP contribution in [-0.4, -0.2) is 26.9 Å². The van der Waals surface area contributed by atoms with Crippen molar-refractivity contribution in [3.8, 4) is 0 Å². The van der Waals surface area contributed by atoms with Crippen molar-refractivity contribution in [1.82, 2.24) is 0 Å². The Labute approximate surface area is 140 Å². The molecule has 0 bridgehead atoms. The lowest BCUT2D eigenvalue weighted by Gasteiger charge is -2.29. The van der Waals surface area contributed by atoms with Crippen molar-refractivity contribution in [2.24, 2.45) is 17.3 Å². The minimum absolute atomic E-state index is 0.0436. The molecule has 2 rings (SSSR count). The van der Waals surface area contributed by atoms with E-state index in [0.29, 0.717) is 24.7 Å². The molecular weight excluding hydrogens is 304 g/mol. The van der Waals surface area contributed by atoms with Gasteiger partial charge in [0.2, 0.25) is 0 Å². The molecule has 1 aliphatic carbocycles. The fourth-order valence-electron chi connectivity index (χ4n) is 4.18. The number of hydrogen-bond donors (Lipinski definition) is 0. The number of esters is 1. The predicted molar refractivity (Wildman–Crippen MR) is 95.4 cm³/mol. The molecule has 0 aromatic heterocycles. The second kappa shape index (κ2) is 6.60. The average molecular weight is 333 g/mol. The van der Waals surface area contributed by atoms with Gasteiger partial charge in [-0.25, -0.2) is 0 Å². The first kappa shape index (κ1) is 17.9. The fraction of sp³-hybridized carbons (Fsp3) is 0.579. The summed E-state index contributed by atoms with van der Waals surface area (Å²) in [5.74, 6) is 0.379. The van der Waals surface area contributed by atoms with Crippen LogP contribution >= 0.6 is 0 Å². The number of carbonyl (C=O) groups excluding carboxylic acids is 2. The van der Waals surface area contributed by atoms with Crippen molar-refractivity contribution in [3.05, 3.63) is 30.3 Å². The van der Waals surface area contributed by atoms with Crippen LogP contribution in [0.1, 0.15) is 26.7 Å². The Kier molecular flexibility index (Phi) is 5.14. The fourth-order valence-corrected chi connectivity index (χ4v) is 7.37. The largest absolute Gasteiger partial charge is 0.468 e. The molecule has 0 saturated heterocycles. The van der Waals surface area contributed by atoms with Crippen molar-refractivity contribution in [2.45, 2.75) is 45.8 Å². The number of carbonyl (C=O) groups is 2. The van der Waals surface area contributed by atoms with E-state index in [0.717, 1.165) is 6.04 Å². The Bertz CT molecular complexity index is 582. The van der Waals surface area contributed by atoms with E-state index < -0.39 is 13.5 Å². The predicted octanol–water partition coefficient (Wildman–Crippen LogP) is 3.40. The smallest absolute Gasteiger partial charge is 0.319 e. The number of ketones is 1. The van der Waals surface area contributed by atoms with Gasteiger partial charge in [-0.15, -0.1) is 0 Å². The summed E-state index contributed by atoms with van der Waals surface area (Å²) in [4.78, 5) is 24.5. The molecule has 4 heteroatoms. The number of hydrogen-bond acceptors (Lipinski definition) is 3. The molecule has 0 aliphatic heterocycles. The highest BCUT2D eigenvalue weighted by Gasteiger charge is 2.53. The topological polar surface area (TPSA) is 43.4 Å². The van der Waals surface area contributed by atoms with Crippen LogP contribution in [0.4, 0.5) is 0 Å². The van der Waals surface area contributed by atoms with Crippen LogP contribution < -0.4 is 5.19 Å². The van der Waals surface area contributed by atoms with E-state index in [1.165, 1.54) is 19.2 Å². The molecule has 1 aromatic rings. The van der Waals surface area contributed by atoms with E-state index in [1.807, 2.05) is 6.07 Å². The van der Waals surface area contributed by atoms with Crippen molar-refractivity contribution in [3.63, 3.8) is 0 Å². The van der Waals surface area contributed by atoms with Crippen molar-refractivity contribution >= 4 is 25.0 Å². The van der Waals surface area contributed by atoms with Crippen LogP contribution in [0.5, 0.6) is 0 Å². The molecule has 0 radical (unpaired) electrons. The monoisotopic (exact) mass is 332 g/mol. The third-order valence-corrected chi connectivity index (χ3v) is 9.10. The summed E-state index contributed by atoms with van der Waals surface area (Å²) in [6.45, 7) is 8.46. The summed E-state index contributed by atoms with van der Waals surface area (Å²) < 4.78 is 4.96. The Morgan fingerprint density at radius 3 is 2.35 bits per heavy atom. The van der Waals surface area contributed by atoms with Gasteiger partial charge in [0.25, 0.3) is 0 Å². The van der Waals surface area contributed by atoms with Gasteiger partial charge in [0, 0.05) is 0 Å². The Balaban J connectivity index is 2.22. The van der Waals surface area contributed by atoms with Gasteiger partial charge >= 0.3 is 5.97 Å². The van der Waals surface area contributed by atoms with Crippen LogP contribution in [0.25, 0.3) is 0 Å². The molecular formula is C19H28O3Si. The van der Waals surface area contributed by atoms with Crippen LogP contribution in [0.15, 0.2) is 30.3 Å². The van der Waals surface area contributed by atoms with E-state index in [4.69, 9.17) is 4.74 Å². The van der Waals surface area contributed by atoms with E-state index in [1.54, 1.807) is 0 Å². The van der Waals surface area contributed by atoms with Crippen molar-refractivity contribution < 1.29 is 14.3 Å². The quantitative estimate of drug-likeness (QED) is 0.471. The van der Waals surface area contributed by atoms with Gasteiger partial charge in [-0.1, -0.05) is 61.6 Å². The van der Waals surface area contributed by atoms with Gasteiger partial charge in [-0.3, -0.25) is 9.59 Å². The van der Waals surface area contributed by atoms with Gasteiger partial charge in [-0.05, 0) is 31.6 Å². The summed E-state index contributed by atoms with van der Waals surface area (Å²) in [5.41, 5.74) is -0.917. The van der Waals surface area contributed by atoms with E-state index in [2.05, 4.69) is 44.3 Å². The summed E-state index contributed by atoms with van der Waals surface area (Å²) in [7, 11) is -0.209. The van der Waals surface area contributed by atoms with Gasteiger partial charge < -0.3 is 4.74 Å². The second-order valence-corrected chi connectivity index (χ2v) is 12.5. The molecule has 1 aromatic carbocycles. The second-order valence-electron chi connectivity index (χ2n) is 7.73. The number of Topliss-reactive ketones (excluding diaryl/α,β-unsaturated/α-hetero) is 1. The van der Waals surface area contributed by atoms with Crippen molar-refractivity contribution in [2.75, 3.05) is 7.11 Å². The molecule has 0 heterocycles. The number of ether oxygens (including phenoxy) is 1. The van der Waals surface area contributed by atoms with Gasteiger partial charge in [0.05, 0.1) is 15.2 Å². The van der Waals surface area contributed by atoms with E-state index in [-0.39, 0.29) is 11.8 Å². The molecule has 1 saturated carbocycles. The standard InChI is InChI=1S/C19H28O3Si/c1-14-11-19(15(2)20,18(21)22-3)12-16(14)13-23(4,5)17-9-7-6-8-10-17/h6-10,14,16H,11-13H2,1-5H3/t14-,16+,19+/m1/s1. The lowest BCUT2D eigenvalue weighted by atomic mass is 9.81. The van der Waals surface area contributed by atoms with Crippen LogP contribution in [0.2, 0.25) is 19.1 Å². The first-order valence-electron chi connectivity index (χ1n) is 8.38. The molecule has 0 unspecified atom stereocenters. The van der Waals surface area contributed by atoms with Gasteiger partial charge in [-0.2, -0.15) is 0 Å². The molecule has 1 fully saturated rings. The highest BCUT2D eigenvalue weighted by molar-refractivity contribution is 6.89. The lowest BCUT2D eigenvalue weighted by Crippen LogP contribution is -2.43. The summed E-state index contributed by atoms with van der Waals surface area (Å²) in [6, 6.07) is 11.8. The highest BCUT2D eigenvalue weighted by Crippen LogP contribution is 2.49. The van der Waals surface area contributed by atoms with Gasteiger partial charge in [0.15, 0.2) is 0 Å². The summed E-state index contributed by atoms with van der Waals surface area (Å²) in [6.07, 6.45) is 1.26. The number of methoxy groups -OCH3 is 1. The normalized spacial score (nSPS) is 27.7. The zero-order chi connectivity index (χ0) is 17.3. The first-order valence-corrected chi connectivity index (χ1v) is 11.6. The average Bonchev–Trinajstić information content (AvgIpc) is 2.85. The zero-order valence-corrected chi connectivity index (χ0v) is 15.9. The molecule has 3 atom stereocenters. The van der Waals surface area contributed by atoms with E-state index >= 15 is 0 Å². The molecule has 126 valence electrons. The summed E-state index contributed by atoms with van der Waals surface area (Å²) in [5, 5.41) is 1.44. The molecule has 1 aliphatic rings. The van der Waals surface area contributed by atoms with E-state index in [9.17, 15) is 9.59 Å². The zero-order valence-electron chi connectivity index (χ0n) is 14.9. The SMILES string of the molecule is COC(=O)[C@]1(C(C)=O)C[C@@H](C[Si](C)(C)c2ccccc2)[C@H](C)C1. The Morgan fingerprint density at radius 1 is 1.22 bits per heavy atom. The molecule has 3 nitrogen and oxygen atoms in total. The summed E-state index contributed by atoms with van der Waals surface area (Å²) >= 11 is 0. The van der Waals surface area contributed by atoms with Crippen molar-refractivity contribution in [1.29, 1.82) is 0 Å². The van der Waals surface area contributed by atoms with Crippen LogP contribution in [0, 0.1) is 17.3 Å². The lowest BCUT2D eigenvalue weighted by molar-refractivity contribution is -0.157. The molecule has 0 N–H and O–H groups in total. The maximum Gasteiger partial charge on any atom is 0.319 e. The number of benzene rings is 1. The minimum Gasteiger partial charge on any atom is -0.468 e. The van der Waals surface area contributed by atoms with Gasteiger partial charge in [0.1, 0.15) is 11.2 Å². The third kappa shape index (κ3) is 3.42. The molecule has 0 spiro atoms. The maximum absolute atomic E-state index is 12.3. The number of rotatable bonds is 5. The Morgan fingerprint density at radius 2 is 1.83 bits per heavy atom. The van der Waals surface area contributed by atoms with Crippen LogP contribution in [-0.2, 0) is 14.3 Å². The minimum atomic E-state index is -1.59. The molecule has 0 amide bonds. The molecule has 23 heavy (non-hydrogen) atoms. The first-order chi connectivity index (χ1) is 10.7.